The number of nitrogens with one attached hydrogen (secondary N) is 1. The molecule has 1 aliphatic heterocycles. The van der Waals surface area contributed by atoms with E-state index in [0.717, 1.165) is 44.9 Å². The van der Waals surface area contributed by atoms with Crippen LogP contribution in [0.1, 0.15) is 129 Å². The lowest BCUT2D eigenvalue weighted by molar-refractivity contribution is -0.303. The zero-order valence-electron chi connectivity index (χ0n) is 31.3. The molecule has 1 aliphatic rings. The average Bonchev–Trinajstić information content (AvgIpc) is 3.13. The van der Waals surface area contributed by atoms with Crippen molar-refractivity contribution in [2.45, 2.75) is 184 Å². The molecule has 0 aliphatic carbocycles. The Morgan fingerprint density at radius 3 is 1.86 bits per heavy atom. The van der Waals surface area contributed by atoms with Crippen molar-refractivity contribution in [3.8, 4) is 0 Å². The summed E-state index contributed by atoms with van der Waals surface area (Å²) in [6.45, 7) is 3.13. The number of carbonyl (C=O) groups is 1. The second-order valence-electron chi connectivity index (χ2n) is 13.6. The Morgan fingerprint density at radius 2 is 1.25 bits per heavy atom. The van der Waals surface area contributed by atoms with Gasteiger partial charge in [-0.15, -0.1) is 0 Å². The molecule has 1 fully saturated rings. The van der Waals surface area contributed by atoms with Gasteiger partial charge >= 0.3 is 0 Å². The van der Waals surface area contributed by atoms with Crippen LogP contribution in [0.4, 0.5) is 0 Å². The van der Waals surface area contributed by atoms with Crippen LogP contribution in [0.3, 0.4) is 0 Å². The maximum atomic E-state index is 13.0. The Balaban J connectivity index is 2.62. The fourth-order valence-corrected chi connectivity index (χ4v) is 5.82. The highest BCUT2D eigenvalue weighted by Gasteiger charge is 2.44. The summed E-state index contributed by atoms with van der Waals surface area (Å²) in [4.78, 5) is 13.0. The molecule has 51 heavy (non-hydrogen) atoms. The number of ether oxygens (including phenoxy) is 2. The number of aliphatic hydroxyl groups is 7. The molecule has 0 saturated carbocycles. The molecule has 1 amide bonds. The number of unbranched alkanes of at least 4 members (excludes halogenated alkanes) is 11. The molecule has 8 N–H and O–H groups in total. The first kappa shape index (κ1) is 47.1. The van der Waals surface area contributed by atoms with Gasteiger partial charge in [0.05, 0.1) is 25.4 Å². The van der Waals surface area contributed by atoms with Crippen molar-refractivity contribution in [3.05, 3.63) is 48.6 Å². The third-order valence-electron chi connectivity index (χ3n) is 9.15. The van der Waals surface area contributed by atoms with Crippen molar-refractivity contribution < 1.29 is 50.0 Å². The number of hydrogen-bond acceptors (Lipinski definition) is 10. The number of aliphatic hydroxyl groups excluding tert-OH is 7. The van der Waals surface area contributed by atoms with Gasteiger partial charge in [0.1, 0.15) is 36.6 Å². The van der Waals surface area contributed by atoms with Crippen molar-refractivity contribution in [3.63, 3.8) is 0 Å². The second kappa shape index (κ2) is 30.5. The third kappa shape index (κ3) is 21.4. The SMILES string of the molecule is C/C=C/CC/C=C/CC/C=C/CCCC(O)C(O)C(COC1OC(CO)C(O)C(O)C1O)NC(=O)C(O)CCCC/C=C\CCCCCCCC. The number of rotatable bonds is 30. The number of hydrogen-bond donors (Lipinski definition) is 8. The van der Waals surface area contributed by atoms with E-state index in [1.807, 2.05) is 19.1 Å². The third-order valence-corrected chi connectivity index (χ3v) is 9.15. The minimum absolute atomic E-state index is 0.217. The minimum atomic E-state index is -1.67. The van der Waals surface area contributed by atoms with Crippen LogP contribution in [-0.2, 0) is 14.3 Å². The van der Waals surface area contributed by atoms with Gasteiger partial charge in [0.2, 0.25) is 5.91 Å². The summed E-state index contributed by atoms with van der Waals surface area (Å²) in [5.74, 6) is -0.735. The summed E-state index contributed by atoms with van der Waals surface area (Å²) in [5, 5.41) is 75.1. The summed E-state index contributed by atoms with van der Waals surface area (Å²) in [5.41, 5.74) is 0. The van der Waals surface area contributed by atoms with Crippen LogP contribution in [0, 0.1) is 0 Å². The topological polar surface area (TPSA) is 189 Å². The van der Waals surface area contributed by atoms with Crippen molar-refractivity contribution in [2.24, 2.45) is 0 Å². The van der Waals surface area contributed by atoms with Crippen LogP contribution in [0.25, 0.3) is 0 Å². The molecule has 0 spiro atoms. The summed E-state index contributed by atoms with van der Waals surface area (Å²) in [6.07, 6.45) is 21.9. The molecule has 1 rings (SSSR count). The van der Waals surface area contributed by atoms with Crippen LogP contribution < -0.4 is 5.32 Å². The molecule has 0 aromatic rings. The van der Waals surface area contributed by atoms with E-state index in [1.54, 1.807) is 0 Å². The highest BCUT2D eigenvalue weighted by molar-refractivity contribution is 5.80. The van der Waals surface area contributed by atoms with Crippen LogP contribution in [0.5, 0.6) is 0 Å². The summed E-state index contributed by atoms with van der Waals surface area (Å²) in [6, 6.07) is -1.20. The zero-order chi connectivity index (χ0) is 37.7. The van der Waals surface area contributed by atoms with E-state index < -0.39 is 74.2 Å². The molecule has 11 nitrogen and oxygen atoms in total. The summed E-state index contributed by atoms with van der Waals surface area (Å²) < 4.78 is 11.0. The lowest BCUT2D eigenvalue weighted by Gasteiger charge is -2.40. The largest absolute Gasteiger partial charge is 0.394 e. The van der Waals surface area contributed by atoms with Gasteiger partial charge in [-0.3, -0.25) is 4.79 Å². The Hall–Kier alpha value is -1.93. The molecule has 0 aromatic carbocycles. The molecule has 0 radical (unpaired) electrons. The van der Waals surface area contributed by atoms with Gasteiger partial charge in [0.25, 0.3) is 0 Å². The highest BCUT2D eigenvalue weighted by atomic mass is 16.7. The van der Waals surface area contributed by atoms with E-state index in [4.69, 9.17) is 9.47 Å². The van der Waals surface area contributed by atoms with Gasteiger partial charge in [0, 0.05) is 0 Å². The minimum Gasteiger partial charge on any atom is -0.394 e. The average molecular weight is 726 g/mol. The molecule has 296 valence electrons. The van der Waals surface area contributed by atoms with Crippen LogP contribution in [0.15, 0.2) is 48.6 Å². The van der Waals surface area contributed by atoms with Gasteiger partial charge in [-0.25, -0.2) is 0 Å². The molecule has 11 heteroatoms. The van der Waals surface area contributed by atoms with Gasteiger partial charge < -0.3 is 50.5 Å². The fourth-order valence-electron chi connectivity index (χ4n) is 5.82. The fraction of sp³-hybridized carbons (Fsp3) is 0.775. The first-order chi connectivity index (χ1) is 24.7. The number of carbonyl (C=O) groups excluding carboxylic acids is 1. The second-order valence-corrected chi connectivity index (χ2v) is 13.6. The van der Waals surface area contributed by atoms with Crippen LogP contribution in [0.2, 0.25) is 0 Å². The van der Waals surface area contributed by atoms with Gasteiger partial charge in [-0.1, -0.05) is 94.1 Å². The molecule has 9 atom stereocenters. The Labute approximate surface area is 307 Å². The predicted molar refractivity (Wildman–Crippen MR) is 201 cm³/mol. The number of amides is 1. The van der Waals surface area contributed by atoms with E-state index in [2.05, 4.69) is 48.7 Å². The molecular weight excluding hydrogens is 654 g/mol. The van der Waals surface area contributed by atoms with Crippen molar-refractivity contribution in [1.82, 2.24) is 5.32 Å². The molecule has 1 saturated heterocycles. The molecule has 0 bridgehead atoms. The van der Waals surface area contributed by atoms with Crippen LogP contribution >= 0.6 is 0 Å². The zero-order valence-corrected chi connectivity index (χ0v) is 31.3. The van der Waals surface area contributed by atoms with Gasteiger partial charge in [0.15, 0.2) is 6.29 Å². The highest BCUT2D eigenvalue weighted by Crippen LogP contribution is 2.23. The van der Waals surface area contributed by atoms with Crippen molar-refractivity contribution in [2.75, 3.05) is 13.2 Å². The first-order valence-electron chi connectivity index (χ1n) is 19.5. The smallest absolute Gasteiger partial charge is 0.249 e. The standard InChI is InChI=1S/C40H71NO10/c1-3-5-7-9-11-13-15-17-19-21-23-25-27-32(43)35(45)31(30-50-40-38(48)37(47)36(46)34(29-42)51-40)41-39(49)33(44)28-26-24-22-20-18-16-14-12-10-8-6-4-2/h3,5,11,13,18-21,31-38,40,42-48H,4,6-10,12,14-17,22-30H2,1-2H3,(H,41,49)/b5-3+,13-11+,20-18-,21-19+. The van der Waals surface area contributed by atoms with Gasteiger partial charge in [-0.05, 0) is 84.0 Å². The maximum Gasteiger partial charge on any atom is 0.249 e. The van der Waals surface area contributed by atoms with Gasteiger partial charge in [-0.2, -0.15) is 0 Å². The van der Waals surface area contributed by atoms with Crippen molar-refractivity contribution in [1.29, 1.82) is 0 Å². The monoisotopic (exact) mass is 726 g/mol. The Morgan fingerprint density at radius 1 is 0.706 bits per heavy atom. The summed E-state index contributed by atoms with van der Waals surface area (Å²) >= 11 is 0. The number of allylic oxidation sites excluding steroid dienone is 8. The Kier molecular flexibility index (Phi) is 28.2. The summed E-state index contributed by atoms with van der Waals surface area (Å²) in [7, 11) is 0. The van der Waals surface area contributed by atoms with E-state index >= 15 is 0 Å². The first-order valence-corrected chi connectivity index (χ1v) is 19.5. The molecule has 9 unspecified atom stereocenters. The molecule has 0 aromatic heterocycles. The van der Waals surface area contributed by atoms with Crippen LogP contribution in [-0.4, -0.2) is 110 Å². The van der Waals surface area contributed by atoms with E-state index in [-0.39, 0.29) is 12.8 Å². The maximum absolute atomic E-state index is 13.0. The van der Waals surface area contributed by atoms with E-state index in [0.29, 0.717) is 19.3 Å². The molecular formula is C40H71NO10. The lowest BCUT2D eigenvalue weighted by Crippen LogP contribution is -2.60. The molecule has 1 heterocycles. The quantitative estimate of drug-likeness (QED) is 0.0382. The van der Waals surface area contributed by atoms with Crippen molar-refractivity contribution >= 4 is 5.91 Å². The predicted octanol–water partition coefficient (Wildman–Crippen LogP) is 4.66. The van der Waals surface area contributed by atoms with E-state index in [9.17, 15) is 40.5 Å². The normalized spacial score (nSPS) is 23.8. The van der Waals surface area contributed by atoms with E-state index in [1.165, 1.54) is 38.5 Å². The Bertz CT molecular complexity index is 971. The lowest BCUT2D eigenvalue weighted by atomic mass is 9.98.